The van der Waals surface area contributed by atoms with Crippen molar-refractivity contribution in [1.82, 2.24) is 9.78 Å². The number of methoxy groups -OCH3 is 1. The van der Waals surface area contributed by atoms with Crippen molar-refractivity contribution in [2.45, 2.75) is 17.9 Å². The van der Waals surface area contributed by atoms with Crippen LogP contribution in [0.3, 0.4) is 0 Å². The van der Waals surface area contributed by atoms with Gasteiger partial charge in [-0.25, -0.2) is 22.7 Å². The Labute approximate surface area is 201 Å². The van der Waals surface area contributed by atoms with Crippen molar-refractivity contribution >= 4 is 16.0 Å². The maximum Gasteiger partial charge on any atom is 0.362 e. The van der Waals surface area contributed by atoms with Gasteiger partial charge in [0.2, 0.25) is 10.0 Å². The second-order valence-electron chi connectivity index (χ2n) is 7.62. The fraction of sp³-hybridized carbons (Fsp3) is 0.120. The first-order chi connectivity index (χ1) is 16.8. The molecule has 1 heterocycles. The highest BCUT2D eigenvalue weighted by molar-refractivity contribution is 7.89. The predicted molar refractivity (Wildman–Crippen MR) is 127 cm³/mol. The van der Waals surface area contributed by atoms with E-state index in [0.29, 0.717) is 24.1 Å². The molecule has 4 rings (SSSR count). The Kier molecular flexibility index (Phi) is 6.94. The number of sulfonamides is 1. The summed E-state index contributed by atoms with van der Waals surface area (Å²) < 4.78 is 49.3. The number of hydrogen-bond acceptors (Lipinski definition) is 6. The summed E-state index contributed by atoms with van der Waals surface area (Å²) in [6, 6.07) is 19.2. The van der Waals surface area contributed by atoms with Crippen LogP contribution < -0.4 is 14.6 Å². The van der Waals surface area contributed by atoms with E-state index in [1.54, 1.807) is 6.07 Å². The third kappa shape index (κ3) is 5.56. The zero-order valence-electron chi connectivity index (χ0n) is 18.7. The van der Waals surface area contributed by atoms with Gasteiger partial charge in [-0.1, -0.05) is 36.4 Å². The van der Waals surface area contributed by atoms with Crippen molar-refractivity contribution in [2.24, 2.45) is 5.14 Å². The summed E-state index contributed by atoms with van der Waals surface area (Å²) in [7, 11) is -2.52. The number of primary sulfonamides is 1. The van der Waals surface area contributed by atoms with Crippen LogP contribution in [0.25, 0.3) is 11.1 Å². The number of aromatic nitrogens is 2. The summed E-state index contributed by atoms with van der Waals surface area (Å²) in [6.07, 6.45) is 2.08. The molecule has 3 aromatic carbocycles. The molecular weight excluding hydrogens is 473 g/mol. The summed E-state index contributed by atoms with van der Waals surface area (Å²) in [6.45, 7) is 0.372. The Morgan fingerprint density at radius 2 is 1.77 bits per heavy atom. The number of benzene rings is 3. The Hall–Kier alpha value is -4.02. The standard InChI is InChI=1S/C25H22FN3O5S/c1-33-23-12-7-18(15-22(23)26)21-16-28-29(14-13-17-5-3-2-4-6-17)24(21)25(30)34-19-8-10-20(11-9-19)35(27,31)32/h2-12,15-16H,13-14H2,1H3,(H2,27,31,32). The van der Waals surface area contributed by atoms with Gasteiger partial charge in [0.1, 0.15) is 5.75 Å². The van der Waals surface area contributed by atoms with Crippen molar-refractivity contribution in [1.29, 1.82) is 0 Å². The minimum Gasteiger partial charge on any atom is -0.494 e. The number of aryl methyl sites for hydroxylation is 2. The first-order valence-corrected chi connectivity index (χ1v) is 12.1. The predicted octanol–water partition coefficient (Wildman–Crippen LogP) is 3.81. The quantitative estimate of drug-likeness (QED) is 0.294. The van der Waals surface area contributed by atoms with E-state index in [1.165, 1.54) is 54.4 Å². The number of nitrogens with zero attached hydrogens (tertiary/aromatic N) is 2. The summed E-state index contributed by atoms with van der Waals surface area (Å²) >= 11 is 0. The first kappa shape index (κ1) is 24.1. The molecule has 0 aliphatic heterocycles. The Morgan fingerprint density at radius 3 is 2.40 bits per heavy atom. The van der Waals surface area contributed by atoms with Gasteiger partial charge in [0, 0.05) is 12.1 Å². The minimum atomic E-state index is -3.88. The van der Waals surface area contributed by atoms with Crippen molar-refractivity contribution in [3.63, 3.8) is 0 Å². The molecule has 180 valence electrons. The van der Waals surface area contributed by atoms with Gasteiger partial charge in [-0.2, -0.15) is 5.10 Å². The van der Waals surface area contributed by atoms with Gasteiger partial charge in [0.05, 0.1) is 18.2 Å². The molecule has 0 saturated carbocycles. The third-order valence-electron chi connectivity index (χ3n) is 5.31. The molecule has 0 saturated heterocycles. The van der Waals surface area contributed by atoms with E-state index < -0.39 is 21.8 Å². The van der Waals surface area contributed by atoms with Gasteiger partial charge in [-0.3, -0.25) is 4.68 Å². The second kappa shape index (κ2) is 10.1. The Morgan fingerprint density at radius 1 is 1.06 bits per heavy atom. The van der Waals surface area contributed by atoms with Gasteiger partial charge in [-0.15, -0.1) is 0 Å². The van der Waals surface area contributed by atoms with E-state index in [0.717, 1.165) is 5.56 Å². The molecular formula is C25H22FN3O5S. The summed E-state index contributed by atoms with van der Waals surface area (Å²) in [5, 5.41) is 9.47. The number of halogens is 1. The van der Waals surface area contributed by atoms with Gasteiger partial charge in [0.15, 0.2) is 17.3 Å². The average molecular weight is 496 g/mol. The van der Waals surface area contributed by atoms with Gasteiger partial charge < -0.3 is 9.47 Å². The number of hydrogen-bond donors (Lipinski definition) is 1. The maximum atomic E-state index is 14.4. The molecule has 0 bridgehead atoms. The second-order valence-corrected chi connectivity index (χ2v) is 9.18. The summed E-state index contributed by atoms with van der Waals surface area (Å²) in [5.41, 5.74) is 1.98. The molecule has 0 aliphatic carbocycles. The molecule has 35 heavy (non-hydrogen) atoms. The van der Waals surface area contributed by atoms with Gasteiger partial charge in [-0.05, 0) is 53.9 Å². The minimum absolute atomic E-state index is 0.0734. The number of carbonyl (C=O) groups excluding carboxylic acids is 1. The first-order valence-electron chi connectivity index (χ1n) is 10.5. The number of carbonyl (C=O) groups is 1. The van der Waals surface area contributed by atoms with Crippen molar-refractivity contribution in [2.75, 3.05) is 7.11 Å². The highest BCUT2D eigenvalue weighted by Gasteiger charge is 2.23. The molecule has 0 radical (unpaired) electrons. The topological polar surface area (TPSA) is 114 Å². The van der Waals surface area contributed by atoms with Crippen LogP contribution in [0.15, 0.2) is 83.9 Å². The van der Waals surface area contributed by atoms with E-state index in [4.69, 9.17) is 14.6 Å². The van der Waals surface area contributed by atoms with E-state index in [1.807, 2.05) is 30.3 Å². The molecule has 0 unspecified atom stereocenters. The van der Waals surface area contributed by atoms with E-state index in [9.17, 15) is 17.6 Å². The van der Waals surface area contributed by atoms with Crippen LogP contribution in [0.4, 0.5) is 4.39 Å². The fourth-order valence-corrected chi connectivity index (χ4v) is 4.06. The van der Waals surface area contributed by atoms with Crippen molar-refractivity contribution < 1.29 is 27.1 Å². The van der Waals surface area contributed by atoms with Crippen molar-refractivity contribution in [3.05, 3.63) is 96.1 Å². The SMILES string of the molecule is COc1ccc(-c2cnn(CCc3ccccc3)c2C(=O)Oc2ccc(S(N)(=O)=O)cc2)cc1F. The lowest BCUT2D eigenvalue weighted by molar-refractivity contribution is 0.0722. The number of nitrogens with two attached hydrogens (primary N) is 1. The molecule has 8 nitrogen and oxygen atoms in total. The molecule has 0 amide bonds. The molecule has 0 aliphatic rings. The molecule has 2 N–H and O–H groups in total. The normalized spacial score (nSPS) is 11.3. The molecule has 1 aromatic heterocycles. The molecule has 10 heteroatoms. The number of rotatable bonds is 8. The van der Waals surface area contributed by atoms with Crippen molar-refractivity contribution in [3.8, 4) is 22.6 Å². The largest absolute Gasteiger partial charge is 0.494 e. The van der Waals surface area contributed by atoms with Gasteiger partial charge >= 0.3 is 5.97 Å². The van der Waals surface area contributed by atoms with Crippen LogP contribution in [0.2, 0.25) is 0 Å². The molecule has 0 fully saturated rings. The number of ether oxygens (including phenoxy) is 2. The van der Waals surface area contributed by atoms with E-state index >= 15 is 0 Å². The molecule has 0 spiro atoms. The fourth-order valence-electron chi connectivity index (χ4n) is 3.55. The maximum absolute atomic E-state index is 14.4. The van der Waals surface area contributed by atoms with E-state index in [2.05, 4.69) is 5.10 Å². The van der Waals surface area contributed by atoms with Crippen LogP contribution in [-0.2, 0) is 23.0 Å². The lowest BCUT2D eigenvalue weighted by Crippen LogP contribution is -2.18. The molecule has 4 aromatic rings. The average Bonchev–Trinajstić information content (AvgIpc) is 3.27. The zero-order chi connectivity index (χ0) is 25.0. The monoisotopic (exact) mass is 495 g/mol. The van der Waals surface area contributed by atoms with Crippen LogP contribution in [0.1, 0.15) is 16.1 Å². The highest BCUT2D eigenvalue weighted by Crippen LogP contribution is 2.29. The summed E-state index contributed by atoms with van der Waals surface area (Å²) in [5.74, 6) is -1.13. The Bertz CT molecular complexity index is 1450. The van der Waals surface area contributed by atoms with Gasteiger partial charge in [0.25, 0.3) is 0 Å². The lowest BCUT2D eigenvalue weighted by Gasteiger charge is -2.11. The molecule has 0 atom stereocenters. The zero-order valence-corrected chi connectivity index (χ0v) is 19.5. The highest BCUT2D eigenvalue weighted by atomic mass is 32.2. The third-order valence-corrected chi connectivity index (χ3v) is 6.24. The lowest BCUT2D eigenvalue weighted by atomic mass is 10.1. The van der Waals surface area contributed by atoms with E-state index in [-0.39, 0.29) is 22.1 Å². The van der Waals surface area contributed by atoms with Crippen LogP contribution in [0, 0.1) is 5.82 Å². The Balaban J connectivity index is 1.68. The smallest absolute Gasteiger partial charge is 0.362 e. The van der Waals surface area contributed by atoms with Crippen LogP contribution >= 0.6 is 0 Å². The van der Waals surface area contributed by atoms with Crippen LogP contribution in [-0.4, -0.2) is 31.3 Å². The summed E-state index contributed by atoms with van der Waals surface area (Å²) in [4.78, 5) is 13.1. The number of esters is 1. The van der Waals surface area contributed by atoms with Crippen LogP contribution in [0.5, 0.6) is 11.5 Å².